The number of rotatable bonds is 4. The van der Waals surface area contributed by atoms with E-state index in [0.717, 1.165) is 48.9 Å². The van der Waals surface area contributed by atoms with Gasteiger partial charge in [0.05, 0.1) is 30.3 Å². The Balaban J connectivity index is 1.37. The zero-order valence-corrected chi connectivity index (χ0v) is 18.6. The number of aryl methyl sites for hydroxylation is 1. The summed E-state index contributed by atoms with van der Waals surface area (Å²) in [5, 5.41) is 0. The Kier molecular flexibility index (Phi) is 5.57. The first-order chi connectivity index (χ1) is 15.5. The van der Waals surface area contributed by atoms with Gasteiger partial charge in [-0.15, -0.1) is 0 Å². The van der Waals surface area contributed by atoms with E-state index in [0.29, 0.717) is 43.9 Å². The third-order valence-electron chi connectivity index (χ3n) is 7.07. The third kappa shape index (κ3) is 4.08. The number of piperidine rings is 1. The van der Waals surface area contributed by atoms with Crippen molar-refractivity contribution in [2.24, 2.45) is 5.92 Å². The zero-order chi connectivity index (χ0) is 22.2. The van der Waals surface area contributed by atoms with E-state index in [9.17, 15) is 14.4 Å². The molecule has 1 atom stereocenters. The molecule has 1 aromatic heterocycles. The van der Waals surface area contributed by atoms with Gasteiger partial charge in [-0.2, -0.15) is 0 Å². The van der Waals surface area contributed by atoms with Gasteiger partial charge in [-0.25, -0.2) is 4.98 Å². The molecule has 1 aliphatic carbocycles. The number of nitrogens with zero attached hydrogens (tertiary/aromatic N) is 3. The number of H-pyrrole nitrogens is 1. The van der Waals surface area contributed by atoms with Crippen LogP contribution in [0.5, 0.6) is 0 Å². The topological polar surface area (TPSA) is 86.4 Å². The molecule has 2 aromatic rings. The number of aromatic amines is 1. The van der Waals surface area contributed by atoms with Gasteiger partial charge in [0.1, 0.15) is 5.82 Å². The van der Waals surface area contributed by atoms with Crippen LogP contribution in [0.2, 0.25) is 0 Å². The second-order valence-corrected chi connectivity index (χ2v) is 9.36. The molecule has 1 saturated heterocycles. The summed E-state index contributed by atoms with van der Waals surface area (Å²) in [5.74, 6) is 0.983. The van der Waals surface area contributed by atoms with Crippen LogP contribution in [0.25, 0.3) is 0 Å². The van der Waals surface area contributed by atoms with Crippen LogP contribution in [-0.4, -0.2) is 44.7 Å². The van der Waals surface area contributed by atoms with Crippen molar-refractivity contribution in [2.45, 2.75) is 64.5 Å². The van der Waals surface area contributed by atoms with Gasteiger partial charge < -0.3 is 14.8 Å². The van der Waals surface area contributed by atoms with E-state index in [-0.39, 0.29) is 29.3 Å². The predicted molar refractivity (Wildman–Crippen MR) is 120 cm³/mol. The van der Waals surface area contributed by atoms with Gasteiger partial charge >= 0.3 is 0 Å². The van der Waals surface area contributed by atoms with Gasteiger partial charge in [-0.3, -0.25) is 14.4 Å². The Morgan fingerprint density at radius 1 is 1.12 bits per heavy atom. The average Bonchev–Trinajstić information content (AvgIpc) is 3.65. The first kappa shape index (κ1) is 20.9. The fraction of sp³-hybridized carbons (Fsp3) is 0.520. The molecule has 3 aliphatic rings. The quantitative estimate of drug-likeness (QED) is 0.802. The molecule has 7 nitrogen and oxygen atoms in total. The van der Waals surface area contributed by atoms with Gasteiger partial charge in [0.25, 0.3) is 5.56 Å². The standard InChI is InChI=1S/C25H30N4O3/c1-16-6-2-3-7-18(16)14-22(30)29-12-5-4-8-21(29)23-26-20-11-13-28(25(32)17-9-10-17)15-19(20)24(31)27-23/h2-3,6-7,17,21H,4-5,8-15H2,1H3,(H,26,27,31)/t21-/m0/s1. The van der Waals surface area contributed by atoms with Gasteiger partial charge in [-0.1, -0.05) is 24.3 Å². The summed E-state index contributed by atoms with van der Waals surface area (Å²) < 4.78 is 0. The van der Waals surface area contributed by atoms with Crippen molar-refractivity contribution in [2.75, 3.05) is 13.1 Å². The van der Waals surface area contributed by atoms with Gasteiger partial charge in [-0.05, 0) is 50.2 Å². The SMILES string of the molecule is Cc1ccccc1CC(=O)N1CCCC[C@H]1c1nc2c(c(=O)[nH]1)CN(C(=O)C1CC1)CC2. The number of carbonyl (C=O) groups is 2. The van der Waals surface area contributed by atoms with Crippen LogP contribution >= 0.6 is 0 Å². The second-order valence-electron chi connectivity index (χ2n) is 9.36. The molecule has 2 amide bonds. The highest BCUT2D eigenvalue weighted by molar-refractivity contribution is 5.81. The Labute approximate surface area is 187 Å². The molecule has 7 heteroatoms. The number of aromatic nitrogens is 2. The number of hydrogen-bond donors (Lipinski definition) is 1. The summed E-state index contributed by atoms with van der Waals surface area (Å²) in [6.45, 7) is 3.66. The Hall–Kier alpha value is -2.96. The summed E-state index contributed by atoms with van der Waals surface area (Å²) in [6, 6.07) is 7.76. The number of nitrogens with one attached hydrogen (secondary N) is 1. The molecule has 1 N–H and O–H groups in total. The molecule has 2 fully saturated rings. The van der Waals surface area contributed by atoms with Crippen molar-refractivity contribution in [3.05, 3.63) is 62.8 Å². The first-order valence-corrected chi connectivity index (χ1v) is 11.8. The molecule has 0 bridgehead atoms. The minimum absolute atomic E-state index is 0.0746. The Morgan fingerprint density at radius 3 is 2.72 bits per heavy atom. The van der Waals surface area contributed by atoms with Gasteiger partial charge in [0.15, 0.2) is 0 Å². The highest BCUT2D eigenvalue weighted by Crippen LogP contribution is 2.33. The zero-order valence-electron chi connectivity index (χ0n) is 18.6. The molecule has 5 rings (SSSR count). The summed E-state index contributed by atoms with van der Waals surface area (Å²) in [6.07, 6.45) is 5.64. The molecule has 0 spiro atoms. The number of benzene rings is 1. The number of carbonyl (C=O) groups excluding carboxylic acids is 2. The largest absolute Gasteiger partial charge is 0.337 e. The Bertz CT molecular complexity index is 1100. The van der Waals surface area contributed by atoms with Crippen LogP contribution in [0.15, 0.2) is 29.1 Å². The molecule has 2 aliphatic heterocycles. The lowest BCUT2D eigenvalue weighted by Gasteiger charge is -2.36. The number of amides is 2. The highest BCUT2D eigenvalue weighted by Gasteiger charge is 2.36. The molecule has 1 saturated carbocycles. The summed E-state index contributed by atoms with van der Waals surface area (Å²) in [4.78, 5) is 50.1. The third-order valence-corrected chi connectivity index (χ3v) is 7.07. The summed E-state index contributed by atoms with van der Waals surface area (Å²) >= 11 is 0. The van der Waals surface area contributed by atoms with Crippen LogP contribution in [0, 0.1) is 12.8 Å². The van der Waals surface area contributed by atoms with E-state index < -0.39 is 0 Å². The fourth-order valence-electron chi connectivity index (χ4n) is 4.97. The van der Waals surface area contributed by atoms with E-state index in [1.165, 1.54) is 0 Å². The van der Waals surface area contributed by atoms with Crippen LogP contribution < -0.4 is 5.56 Å². The van der Waals surface area contributed by atoms with E-state index in [4.69, 9.17) is 4.98 Å². The number of likely N-dealkylation sites (tertiary alicyclic amines) is 1. The molecular formula is C25H30N4O3. The fourth-order valence-corrected chi connectivity index (χ4v) is 4.97. The van der Waals surface area contributed by atoms with E-state index in [1.54, 1.807) is 4.90 Å². The van der Waals surface area contributed by atoms with Crippen molar-refractivity contribution in [3.8, 4) is 0 Å². The number of fused-ring (bicyclic) bond motifs is 1. The monoisotopic (exact) mass is 434 g/mol. The van der Waals surface area contributed by atoms with Crippen molar-refractivity contribution in [3.63, 3.8) is 0 Å². The smallest absolute Gasteiger partial charge is 0.256 e. The van der Waals surface area contributed by atoms with Gasteiger partial charge in [0.2, 0.25) is 11.8 Å². The molecular weight excluding hydrogens is 404 g/mol. The molecule has 32 heavy (non-hydrogen) atoms. The maximum Gasteiger partial charge on any atom is 0.256 e. The van der Waals surface area contributed by atoms with Crippen LogP contribution in [0.3, 0.4) is 0 Å². The molecule has 1 aromatic carbocycles. The molecule has 3 heterocycles. The van der Waals surface area contributed by atoms with E-state index >= 15 is 0 Å². The van der Waals surface area contributed by atoms with Crippen LogP contribution in [-0.2, 0) is 29.0 Å². The first-order valence-electron chi connectivity index (χ1n) is 11.8. The number of hydrogen-bond acceptors (Lipinski definition) is 4. The highest BCUT2D eigenvalue weighted by atomic mass is 16.2. The minimum atomic E-state index is -0.204. The summed E-state index contributed by atoms with van der Waals surface area (Å²) in [5.41, 5.74) is 3.35. The lowest BCUT2D eigenvalue weighted by atomic mass is 9.98. The normalized spacial score (nSPS) is 20.7. The molecule has 0 radical (unpaired) electrons. The predicted octanol–water partition coefficient (Wildman–Crippen LogP) is 2.67. The molecule has 168 valence electrons. The van der Waals surface area contributed by atoms with Crippen molar-refractivity contribution < 1.29 is 9.59 Å². The van der Waals surface area contributed by atoms with Crippen LogP contribution in [0.1, 0.15) is 66.4 Å². The minimum Gasteiger partial charge on any atom is -0.337 e. The molecule has 0 unspecified atom stereocenters. The maximum absolute atomic E-state index is 13.2. The van der Waals surface area contributed by atoms with E-state index in [1.807, 2.05) is 36.1 Å². The lowest BCUT2D eigenvalue weighted by molar-refractivity contribution is -0.135. The van der Waals surface area contributed by atoms with Crippen molar-refractivity contribution >= 4 is 11.8 Å². The average molecular weight is 435 g/mol. The van der Waals surface area contributed by atoms with E-state index in [2.05, 4.69) is 4.98 Å². The van der Waals surface area contributed by atoms with Crippen molar-refractivity contribution in [1.29, 1.82) is 0 Å². The summed E-state index contributed by atoms with van der Waals surface area (Å²) in [7, 11) is 0. The Morgan fingerprint density at radius 2 is 1.94 bits per heavy atom. The van der Waals surface area contributed by atoms with Crippen molar-refractivity contribution in [1.82, 2.24) is 19.8 Å². The second kappa shape index (κ2) is 8.52. The maximum atomic E-state index is 13.2. The van der Waals surface area contributed by atoms with Gasteiger partial charge in [0, 0.05) is 25.4 Å². The van der Waals surface area contributed by atoms with Crippen LogP contribution in [0.4, 0.5) is 0 Å². The lowest BCUT2D eigenvalue weighted by Crippen LogP contribution is -2.43.